The van der Waals surface area contributed by atoms with Gasteiger partial charge in [0.05, 0.1) is 17.1 Å². The summed E-state index contributed by atoms with van der Waals surface area (Å²) in [7, 11) is 0. The number of rotatable bonds is 3. The SMILES string of the molecule is Cc1ccc(Br)cc1C(=O)Nc1c(C)nn(C(C)C)c1C. The molecule has 0 spiro atoms. The molecule has 112 valence electrons. The molecule has 0 saturated carbocycles. The molecule has 1 amide bonds. The predicted molar refractivity (Wildman–Crippen MR) is 88.9 cm³/mol. The first kappa shape index (κ1) is 15.8. The Morgan fingerprint density at radius 1 is 1.29 bits per heavy atom. The maximum Gasteiger partial charge on any atom is 0.256 e. The lowest BCUT2D eigenvalue weighted by Gasteiger charge is -2.10. The van der Waals surface area contributed by atoms with Gasteiger partial charge in [-0.05, 0) is 52.3 Å². The van der Waals surface area contributed by atoms with Crippen molar-refractivity contribution in [3.63, 3.8) is 0 Å². The second-order valence-electron chi connectivity index (χ2n) is 5.50. The number of hydrogen-bond donors (Lipinski definition) is 1. The Morgan fingerprint density at radius 3 is 2.52 bits per heavy atom. The summed E-state index contributed by atoms with van der Waals surface area (Å²) < 4.78 is 2.82. The quantitative estimate of drug-likeness (QED) is 0.892. The largest absolute Gasteiger partial charge is 0.319 e. The lowest BCUT2D eigenvalue weighted by molar-refractivity contribution is 0.102. The van der Waals surface area contributed by atoms with E-state index in [-0.39, 0.29) is 11.9 Å². The van der Waals surface area contributed by atoms with E-state index in [1.54, 1.807) is 0 Å². The molecular weight excluding hydrogens is 330 g/mol. The first-order valence-corrected chi connectivity index (χ1v) is 7.73. The van der Waals surface area contributed by atoms with E-state index in [0.29, 0.717) is 5.56 Å². The molecule has 0 atom stereocenters. The zero-order valence-corrected chi connectivity index (χ0v) is 14.6. The summed E-state index contributed by atoms with van der Waals surface area (Å²) in [5.74, 6) is -0.108. The molecule has 1 aromatic carbocycles. The van der Waals surface area contributed by atoms with Crippen LogP contribution in [0.4, 0.5) is 5.69 Å². The van der Waals surface area contributed by atoms with Gasteiger partial charge in [-0.3, -0.25) is 9.48 Å². The fraction of sp³-hybridized carbons (Fsp3) is 0.375. The molecule has 1 N–H and O–H groups in total. The van der Waals surface area contributed by atoms with Crippen molar-refractivity contribution in [3.05, 3.63) is 45.2 Å². The van der Waals surface area contributed by atoms with Crippen LogP contribution in [0.25, 0.3) is 0 Å². The highest BCUT2D eigenvalue weighted by Gasteiger charge is 2.17. The van der Waals surface area contributed by atoms with Crippen LogP contribution in [0, 0.1) is 20.8 Å². The number of amides is 1. The van der Waals surface area contributed by atoms with Gasteiger partial charge < -0.3 is 5.32 Å². The Labute approximate surface area is 133 Å². The normalized spacial score (nSPS) is 11.0. The molecule has 4 nitrogen and oxygen atoms in total. The van der Waals surface area contributed by atoms with Crippen LogP contribution in [-0.4, -0.2) is 15.7 Å². The van der Waals surface area contributed by atoms with E-state index in [4.69, 9.17) is 0 Å². The van der Waals surface area contributed by atoms with Crippen LogP contribution in [0.5, 0.6) is 0 Å². The number of aromatic nitrogens is 2. The second kappa shape index (κ2) is 6.02. The molecule has 0 aliphatic heterocycles. The Hall–Kier alpha value is -1.62. The highest BCUT2D eigenvalue weighted by atomic mass is 79.9. The summed E-state index contributed by atoms with van der Waals surface area (Å²) >= 11 is 3.41. The number of benzene rings is 1. The maximum absolute atomic E-state index is 12.5. The first-order chi connectivity index (χ1) is 9.81. The summed E-state index contributed by atoms with van der Waals surface area (Å²) in [6.45, 7) is 9.96. The fourth-order valence-electron chi connectivity index (χ4n) is 2.37. The van der Waals surface area contributed by atoms with Gasteiger partial charge in [-0.25, -0.2) is 0 Å². The molecule has 0 radical (unpaired) electrons. The van der Waals surface area contributed by atoms with Crippen molar-refractivity contribution in [1.82, 2.24) is 9.78 Å². The zero-order valence-electron chi connectivity index (χ0n) is 13.0. The van der Waals surface area contributed by atoms with Crippen LogP contribution in [0.1, 0.15) is 47.2 Å². The van der Waals surface area contributed by atoms with Gasteiger partial charge in [0.1, 0.15) is 0 Å². The Kier molecular flexibility index (Phi) is 4.52. The van der Waals surface area contributed by atoms with Crippen LogP contribution in [0.3, 0.4) is 0 Å². The molecule has 1 aromatic heterocycles. The minimum Gasteiger partial charge on any atom is -0.319 e. The van der Waals surface area contributed by atoms with E-state index in [9.17, 15) is 4.79 Å². The molecule has 0 unspecified atom stereocenters. The lowest BCUT2D eigenvalue weighted by atomic mass is 10.1. The molecule has 0 fully saturated rings. The monoisotopic (exact) mass is 349 g/mol. The number of anilines is 1. The third-order valence-electron chi connectivity index (χ3n) is 3.50. The summed E-state index contributed by atoms with van der Waals surface area (Å²) in [4.78, 5) is 12.5. The summed E-state index contributed by atoms with van der Waals surface area (Å²) in [5, 5.41) is 7.48. The molecule has 0 aliphatic carbocycles. The minimum atomic E-state index is -0.108. The molecular formula is C16H20BrN3O. The third kappa shape index (κ3) is 3.18. The standard InChI is InChI=1S/C16H20BrN3O/c1-9(2)20-12(5)15(11(4)19-20)18-16(21)14-8-13(17)7-6-10(14)3/h6-9H,1-5H3,(H,18,21). The van der Waals surface area contributed by atoms with Crippen LogP contribution in [0.2, 0.25) is 0 Å². The summed E-state index contributed by atoms with van der Waals surface area (Å²) in [5.41, 5.74) is 4.22. The van der Waals surface area contributed by atoms with Gasteiger partial charge in [-0.2, -0.15) is 5.10 Å². The Balaban J connectivity index is 2.34. The number of nitrogens with zero attached hydrogens (tertiary/aromatic N) is 2. The highest BCUT2D eigenvalue weighted by molar-refractivity contribution is 9.10. The number of nitrogens with one attached hydrogen (secondary N) is 1. The van der Waals surface area contributed by atoms with Crippen LogP contribution in [-0.2, 0) is 0 Å². The average Bonchev–Trinajstić information content (AvgIpc) is 2.69. The van der Waals surface area contributed by atoms with Crippen LogP contribution in [0.15, 0.2) is 22.7 Å². The molecule has 2 aromatic rings. The maximum atomic E-state index is 12.5. The number of aryl methyl sites for hydroxylation is 2. The Bertz CT molecular complexity index is 689. The van der Waals surface area contributed by atoms with Gasteiger partial charge in [-0.1, -0.05) is 22.0 Å². The number of carbonyl (C=O) groups excluding carboxylic acids is 1. The van der Waals surface area contributed by atoms with Crippen molar-refractivity contribution >= 4 is 27.5 Å². The van der Waals surface area contributed by atoms with Crippen molar-refractivity contribution in [2.24, 2.45) is 0 Å². The molecule has 2 rings (SSSR count). The van der Waals surface area contributed by atoms with E-state index in [1.165, 1.54) is 0 Å². The van der Waals surface area contributed by atoms with Gasteiger partial charge in [0.25, 0.3) is 5.91 Å². The second-order valence-corrected chi connectivity index (χ2v) is 6.41. The van der Waals surface area contributed by atoms with E-state index in [0.717, 1.165) is 27.1 Å². The predicted octanol–water partition coefficient (Wildman–Crippen LogP) is 4.40. The Morgan fingerprint density at radius 2 is 1.95 bits per heavy atom. The molecule has 0 saturated heterocycles. The van der Waals surface area contributed by atoms with Gasteiger partial charge in [0, 0.05) is 16.1 Å². The van der Waals surface area contributed by atoms with Crippen molar-refractivity contribution < 1.29 is 4.79 Å². The van der Waals surface area contributed by atoms with E-state index in [2.05, 4.69) is 40.2 Å². The fourth-order valence-corrected chi connectivity index (χ4v) is 2.73. The van der Waals surface area contributed by atoms with Crippen LogP contribution >= 0.6 is 15.9 Å². The smallest absolute Gasteiger partial charge is 0.256 e. The summed E-state index contributed by atoms with van der Waals surface area (Å²) in [6, 6.07) is 5.96. The highest BCUT2D eigenvalue weighted by Crippen LogP contribution is 2.24. The van der Waals surface area contributed by atoms with E-state index < -0.39 is 0 Å². The van der Waals surface area contributed by atoms with Crippen LogP contribution < -0.4 is 5.32 Å². The van der Waals surface area contributed by atoms with Crippen molar-refractivity contribution in [1.29, 1.82) is 0 Å². The van der Waals surface area contributed by atoms with Crippen molar-refractivity contribution in [2.75, 3.05) is 5.32 Å². The van der Waals surface area contributed by atoms with E-state index >= 15 is 0 Å². The molecule has 21 heavy (non-hydrogen) atoms. The molecule has 0 aliphatic rings. The third-order valence-corrected chi connectivity index (χ3v) is 3.99. The molecule has 5 heteroatoms. The number of halogens is 1. The van der Waals surface area contributed by atoms with Gasteiger partial charge in [-0.15, -0.1) is 0 Å². The van der Waals surface area contributed by atoms with Crippen molar-refractivity contribution in [3.8, 4) is 0 Å². The van der Waals surface area contributed by atoms with Gasteiger partial charge in [0.15, 0.2) is 0 Å². The van der Waals surface area contributed by atoms with Gasteiger partial charge >= 0.3 is 0 Å². The van der Waals surface area contributed by atoms with E-state index in [1.807, 2.05) is 43.7 Å². The molecule has 1 heterocycles. The first-order valence-electron chi connectivity index (χ1n) is 6.94. The lowest BCUT2D eigenvalue weighted by Crippen LogP contribution is -2.15. The topological polar surface area (TPSA) is 46.9 Å². The number of hydrogen-bond acceptors (Lipinski definition) is 2. The number of carbonyl (C=O) groups is 1. The van der Waals surface area contributed by atoms with Gasteiger partial charge in [0.2, 0.25) is 0 Å². The zero-order chi connectivity index (χ0) is 15.7. The minimum absolute atomic E-state index is 0.108. The van der Waals surface area contributed by atoms with Crippen molar-refractivity contribution in [2.45, 2.75) is 40.7 Å². The molecule has 0 bridgehead atoms. The summed E-state index contributed by atoms with van der Waals surface area (Å²) in [6.07, 6.45) is 0. The average molecular weight is 350 g/mol.